The first-order valence-corrected chi connectivity index (χ1v) is 7.38. The van der Waals surface area contributed by atoms with Gasteiger partial charge in [-0.25, -0.2) is 9.97 Å². The van der Waals surface area contributed by atoms with Gasteiger partial charge in [-0.2, -0.15) is 0 Å². The normalized spacial score (nSPS) is 18.4. The lowest BCUT2D eigenvalue weighted by Gasteiger charge is -2.29. The number of nitrogens with one attached hydrogen (secondary N) is 1. The van der Waals surface area contributed by atoms with E-state index >= 15 is 0 Å². The van der Waals surface area contributed by atoms with Crippen LogP contribution in [0.5, 0.6) is 0 Å². The molecule has 0 spiro atoms. The largest absolute Gasteiger partial charge is 0.367 e. The molecule has 1 fully saturated rings. The first kappa shape index (κ1) is 14.4. The van der Waals surface area contributed by atoms with Crippen molar-refractivity contribution in [1.82, 2.24) is 19.9 Å². The summed E-state index contributed by atoms with van der Waals surface area (Å²) in [6.45, 7) is 2.72. The molecule has 1 amide bonds. The minimum Gasteiger partial charge on any atom is -0.367 e. The molecule has 6 heteroatoms. The summed E-state index contributed by atoms with van der Waals surface area (Å²) < 4.78 is 0. The number of aryl methyl sites for hydroxylation is 1. The second-order valence-electron chi connectivity index (χ2n) is 5.60. The van der Waals surface area contributed by atoms with E-state index in [-0.39, 0.29) is 11.9 Å². The van der Waals surface area contributed by atoms with E-state index in [1.54, 1.807) is 17.3 Å². The standard InChI is InChI=1S/C16H19N5O/c1-11-9-14(19-13-5-8-21(2)15(22)10-13)20-16(18-11)12-3-6-17-7-4-12/h3-4,6-7,9,13H,5,8,10H2,1-2H3,(H,18,19,20). The fourth-order valence-corrected chi connectivity index (χ4v) is 2.55. The van der Waals surface area contributed by atoms with Gasteiger partial charge in [0.1, 0.15) is 5.82 Å². The number of anilines is 1. The van der Waals surface area contributed by atoms with Crippen molar-refractivity contribution in [2.75, 3.05) is 18.9 Å². The molecule has 1 saturated heterocycles. The van der Waals surface area contributed by atoms with E-state index in [0.29, 0.717) is 12.2 Å². The van der Waals surface area contributed by atoms with Gasteiger partial charge in [0.25, 0.3) is 0 Å². The number of amides is 1. The van der Waals surface area contributed by atoms with Gasteiger partial charge in [-0.05, 0) is 25.5 Å². The number of nitrogens with zero attached hydrogens (tertiary/aromatic N) is 4. The van der Waals surface area contributed by atoms with Crippen molar-refractivity contribution in [2.45, 2.75) is 25.8 Å². The number of carbonyl (C=O) groups excluding carboxylic acids is 1. The second-order valence-corrected chi connectivity index (χ2v) is 5.60. The average molecular weight is 297 g/mol. The summed E-state index contributed by atoms with van der Waals surface area (Å²) in [5.41, 5.74) is 1.82. The molecule has 3 heterocycles. The Morgan fingerprint density at radius 1 is 1.27 bits per heavy atom. The van der Waals surface area contributed by atoms with E-state index in [0.717, 1.165) is 30.0 Å². The molecule has 1 atom stereocenters. The van der Waals surface area contributed by atoms with Crippen LogP contribution in [0.3, 0.4) is 0 Å². The number of piperidine rings is 1. The number of hydrogen-bond acceptors (Lipinski definition) is 5. The number of carbonyl (C=O) groups is 1. The summed E-state index contributed by atoms with van der Waals surface area (Å²) in [7, 11) is 1.84. The lowest BCUT2D eigenvalue weighted by molar-refractivity contribution is -0.132. The fourth-order valence-electron chi connectivity index (χ4n) is 2.55. The molecule has 0 radical (unpaired) electrons. The van der Waals surface area contributed by atoms with Crippen LogP contribution < -0.4 is 5.32 Å². The van der Waals surface area contributed by atoms with E-state index in [4.69, 9.17) is 0 Å². The van der Waals surface area contributed by atoms with Gasteiger partial charge in [-0.3, -0.25) is 9.78 Å². The molecule has 2 aromatic rings. The highest BCUT2D eigenvalue weighted by atomic mass is 16.2. The van der Waals surface area contributed by atoms with Crippen molar-refractivity contribution >= 4 is 11.7 Å². The maximum absolute atomic E-state index is 11.8. The molecule has 1 aliphatic heterocycles. The third-order valence-corrected chi connectivity index (χ3v) is 3.80. The van der Waals surface area contributed by atoms with Crippen molar-refractivity contribution in [3.8, 4) is 11.4 Å². The summed E-state index contributed by atoms with van der Waals surface area (Å²) in [4.78, 5) is 26.6. The average Bonchev–Trinajstić information content (AvgIpc) is 2.51. The minimum atomic E-state index is 0.128. The fraction of sp³-hybridized carbons (Fsp3) is 0.375. The van der Waals surface area contributed by atoms with Crippen LogP contribution in [-0.2, 0) is 4.79 Å². The van der Waals surface area contributed by atoms with Crippen molar-refractivity contribution < 1.29 is 4.79 Å². The Balaban J connectivity index is 1.80. The van der Waals surface area contributed by atoms with Gasteiger partial charge < -0.3 is 10.2 Å². The maximum Gasteiger partial charge on any atom is 0.224 e. The predicted molar refractivity (Wildman–Crippen MR) is 84.3 cm³/mol. The molecule has 1 N–H and O–H groups in total. The summed E-state index contributed by atoms with van der Waals surface area (Å²) in [6.07, 6.45) is 4.88. The minimum absolute atomic E-state index is 0.128. The van der Waals surface area contributed by atoms with Gasteiger partial charge in [0, 0.05) is 55.8 Å². The van der Waals surface area contributed by atoms with Crippen LogP contribution in [0.25, 0.3) is 11.4 Å². The first-order valence-electron chi connectivity index (χ1n) is 7.38. The Kier molecular flexibility index (Phi) is 4.00. The lowest BCUT2D eigenvalue weighted by atomic mass is 10.1. The molecule has 2 aromatic heterocycles. The zero-order chi connectivity index (χ0) is 15.5. The maximum atomic E-state index is 11.8. The van der Waals surface area contributed by atoms with Crippen LogP contribution in [0, 0.1) is 6.92 Å². The summed E-state index contributed by atoms with van der Waals surface area (Å²) in [6, 6.07) is 5.81. The molecule has 114 valence electrons. The zero-order valence-electron chi connectivity index (χ0n) is 12.8. The van der Waals surface area contributed by atoms with E-state index in [1.165, 1.54) is 0 Å². The highest BCUT2D eigenvalue weighted by molar-refractivity contribution is 5.77. The summed E-state index contributed by atoms with van der Waals surface area (Å²) in [5, 5.41) is 3.37. The molecule has 0 bridgehead atoms. The molecule has 6 nitrogen and oxygen atoms in total. The van der Waals surface area contributed by atoms with Crippen molar-refractivity contribution in [1.29, 1.82) is 0 Å². The Bertz CT molecular complexity index is 673. The van der Waals surface area contributed by atoms with Gasteiger partial charge in [-0.15, -0.1) is 0 Å². The monoisotopic (exact) mass is 297 g/mol. The van der Waals surface area contributed by atoms with Crippen LogP contribution in [0.2, 0.25) is 0 Å². The summed E-state index contributed by atoms with van der Waals surface area (Å²) in [5.74, 6) is 1.61. The molecular formula is C16H19N5O. The van der Waals surface area contributed by atoms with Crippen molar-refractivity contribution in [3.05, 3.63) is 36.3 Å². The third kappa shape index (κ3) is 3.21. The van der Waals surface area contributed by atoms with Gasteiger partial charge in [0.05, 0.1) is 0 Å². The summed E-state index contributed by atoms with van der Waals surface area (Å²) >= 11 is 0. The van der Waals surface area contributed by atoms with Gasteiger partial charge >= 0.3 is 0 Å². The molecule has 0 aliphatic carbocycles. The first-order chi connectivity index (χ1) is 10.6. The quantitative estimate of drug-likeness (QED) is 0.936. The third-order valence-electron chi connectivity index (χ3n) is 3.80. The molecule has 0 saturated carbocycles. The molecule has 0 aromatic carbocycles. The van der Waals surface area contributed by atoms with Gasteiger partial charge in [-0.1, -0.05) is 0 Å². The topological polar surface area (TPSA) is 71.0 Å². The van der Waals surface area contributed by atoms with Crippen LogP contribution in [0.4, 0.5) is 5.82 Å². The number of aromatic nitrogens is 3. The SMILES string of the molecule is Cc1cc(NC2CCN(C)C(=O)C2)nc(-c2ccncc2)n1. The number of hydrogen-bond donors (Lipinski definition) is 1. The second kappa shape index (κ2) is 6.09. The van der Waals surface area contributed by atoms with Crippen LogP contribution in [0.15, 0.2) is 30.6 Å². The highest BCUT2D eigenvalue weighted by Crippen LogP contribution is 2.20. The Morgan fingerprint density at radius 2 is 2.05 bits per heavy atom. The van der Waals surface area contributed by atoms with Crippen LogP contribution in [0.1, 0.15) is 18.5 Å². The Morgan fingerprint density at radius 3 is 2.77 bits per heavy atom. The van der Waals surface area contributed by atoms with Crippen LogP contribution >= 0.6 is 0 Å². The van der Waals surface area contributed by atoms with Gasteiger partial charge in [0.2, 0.25) is 5.91 Å². The van der Waals surface area contributed by atoms with E-state index < -0.39 is 0 Å². The zero-order valence-corrected chi connectivity index (χ0v) is 12.8. The Labute approximate surface area is 129 Å². The highest BCUT2D eigenvalue weighted by Gasteiger charge is 2.23. The van der Waals surface area contributed by atoms with E-state index in [9.17, 15) is 4.79 Å². The molecule has 22 heavy (non-hydrogen) atoms. The predicted octanol–water partition coefficient (Wildman–Crippen LogP) is 1.88. The van der Waals surface area contributed by atoms with E-state index in [2.05, 4.69) is 20.3 Å². The number of pyridine rings is 1. The molecule has 1 unspecified atom stereocenters. The van der Waals surface area contributed by atoms with E-state index in [1.807, 2.05) is 32.2 Å². The van der Waals surface area contributed by atoms with Crippen LogP contribution in [-0.4, -0.2) is 45.4 Å². The molecule has 1 aliphatic rings. The smallest absolute Gasteiger partial charge is 0.224 e. The van der Waals surface area contributed by atoms with Crippen molar-refractivity contribution in [2.24, 2.45) is 0 Å². The van der Waals surface area contributed by atoms with Crippen molar-refractivity contribution in [3.63, 3.8) is 0 Å². The number of likely N-dealkylation sites (tertiary alicyclic amines) is 1. The molecular weight excluding hydrogens is 278 g/mol. The number of rotatable bonds is 3. The lowest BCUT2D eigenvalue weighted by Crippen LogP contribution is -2.41. The molecule has 3 rings (SSSR count). The van der Waals surface area contributed by atoms with Gasteiger partial charge in [0.15, 0.2) is 5.82 Å². The Hall–Kier alpha value is -2.50.